The van der Waals surface area contributed by atoms with E-state index < -0.39 is 41.3 Å². The van der Waals surface area contributed by atoms with Crippen LogP contribution in [0.4, 0.5) is 14.5 Å². The minimum Gasteiger partial charge on any atom is -0.382 e. The van der Waals surface area contributed by atoms with Gasteiger partial charge >= 0.3 is 0 Å². The molecule has 14 nitrogen and oxygen atoms in total. The van der Waals surface area contributed by atoms with Crippen LogP contribution in [0.5, 0.6) is 0 Å². The number of likely N-dealkylation sites (tertiary alicyclic amines) is 1. The van der Waals surface area contributed by atoms with Gasteiger partial charge in [0.1, 0.15) is 17.7 Å². The molecule has 3 aromatic carbocycles. The summed E-state index contributed by atoms with van der Waals surface area (Å²) in [6, 6.07) is 15.9. The predicted molar refractivity (Wildman–Crippen MR) is 207 cm³/mol. The number of nitrogens with one attached hydrogen (secondary N) is 3. The van der Waals surface area contributed by atoms with Gasteiger partial charge in [0.2, 0.25) is 17.7 Å². The number of ether oxygens (including phenoxy) is 3. The molecule has 0 aromatic heterocycles. The smallest absolute Gasteiger partial charge is 0.264 e. The van der Waals surface area contributed by atoms with Crippen LogP contribution in [-0.4, -0.2) is 124 Å². The predicted octanol–water partition coefficient (Wildman–Crippen LogP) is 3.00. The summed E-state index contributed by atoms with van der Waals surface area (Å²) in [4.78, 5) is 78.9. The average Bonchev–Trinajstić information content (AvgIpc) is 3.46. The van der Waals surface area contributed by atoms with Crippen molar-refractivity contribution in [3.8, 4) is 0 Å². The second kappa shape index (κ2) is 20.0. The quantitative estimate of drug-likeness (QED) is 0.0982. The number of nitrogens with zero attached hydrogens (tertiary/aromatic N) is 2. The molecule has 0 spiro atoms. The summed E-state index contributed by atoms with van der Waals surface area (Å²) in [6.07, 6.45) is 3.04. The molecule has 1 atom stereocenters. The van der Waals surface area contributed by atoms with Gasteiger partial charge in [0.05, 0.1) is 57.3 Å². The normalized spacial score (nSPS) is 18.6. The van der Waals surface area contributed by atoms with E-state index in [-0.39, 0.29) is 104 Å². The molecule has 0 saturated carbocycles. The Morgan fingerprint density at radius 1 is 0.741 bits per heavy atom. The largest absolute Gasteiger partial charge is 0.382 e. The third-order valence-corrected chi connectivity index (χ3v) is 9.55. The number of hydrogen-bond donors (Lipinski definition) is 3. The number of ketones is 1. The standard InChI is InChI=1S/C42H43F2N5O9/c43-32-9-3-1-6-27(32)22-29-24-48(25-30(39(29)52)23-28-7-2-4-10-33(28)44)26-37(51)46-15-17-57-19-21-58-20-18-56-16-14-45-34-11-5-8-31-38(34)42(55)49(41(31)54)35-12-13-36(50)47-40(35)53/h1-11,22-23,35,45H,12-21,24-26H2,(H,46,51)(H,47,50,53)/b29-22+,30-23+. The van der Waals surface area contributed by atoms with Crippen LogP contribution in [0.2, 0.25) is 0 Å². The summed E-state index contributed by atoms with van der Waals surface area (Å²) in [7, 11) is 0. The fourth-order valence-corrected chi connectivity index (χ4v) is 6.77. The second-order valence-corrected chi connectivity index (χ2v) is 13.6. The summed E-state index contributed by atoms with van der Waals surface area (Å²) in [5.74, 6) is -3.90. The van der Waals surface area contributed by atoms with E-state index in [1.54, 1.807) is 53.4 Å². The van der Waals surface area contributed by atoms with E-state index in [0.29, 0.717) is 32.1 Å². The fourth-order valence-electron chi connectivity index (χ4n) is 6.77. The van der Waals surface area contributed by atoms with E-state index in [4.69, 9.17) is 14.2 Å². The van der Waals surface area contributed by atoms with E-state index in [1.807, 2.05) is 0 Å². The average molecular weight is 800 g/mol. The lowest BCUT2D eigenvalue weighted by Crippen LogP contribution is -2.54. The van der Waals surface area contributed by atoms with Gasteiger partial charge in [0.25, 0.3) is 11.8 Å². The number of Topliss-reactive ketones (excluding diaryl/α,β-unsaturated/α-hetero) is 1. The van der Waals surface area contributed by atoms with E-state index in [0.717, 1.165) is 4.90 Å². The van der Waals surface area contributed by atoms with E-state index in [2.05, 4.69) is 16.0 Å². The first-order chi connectivity index (χ1) is 28.1. The van der Waals surface area contributed by atoms with Crippen molar-refractivity contribution >= 4 is 53.2 Å². The first-order valence-electron chi connectivity index (χ1n) is 18.9. The molecule has 5 amide bonds. The summed E-state index contributed by atoms with van der Waals surface area (Å²) < 4.78 is 45.5. The maximum atomic E-state index is 14.4. The van der Waals surface area contributed by atoms with Gasteiger partial charge in [-0.1, -0.05) is 42.5 Å². The van der Waals surface area contributed by atoms with Crippen molar-refractivity contribution in [1.82, 2.24) is 20.4 Å². The number of benzene rings is 3. The molecule has 3 aliphatic rings. The van der Waals surface area contributed by atoms with Crippen LogP contribution in [-0.2, 0) is 33.4 Å². The number of rotatable bonds is 18. The molecule has 3 heterocycles. The van der Waals surface area contributed by atoms with Gasteiger partial charge in [-0.25, -0.2) is 8.78 Å². The molecule has 304 valence electrons. The van der Waals surface area contributed by atoms with Gasteiger partial charge in [-0.3, -0.25) is 43.9 Å². The SMILES string of the molecule is O=C(CN1C/C(=C\c2ccccc2F)C(=O)/C(=C/c2ccccc2F)C1)NCCOCCOCCOCCNc1cccc2c1C(=O)N(C1CCC(=O)NC1=O)C2=O. The van der Waals surface area contributed by atoms with Crippen molar-refractivity contribution < 1.29 is 51.8 Å². The zero-order valence-electron chi connectivity index (χ0n) is 31.6. The van der Waals surface area contributed by atoms with E-state index >= 15 is 0 Å². The molecule has 3 aliphatic heterocycles. The van der Waals surface area contributed by atoms with Crippen LogP contribution in [0.1, 0.15) is 44.7 Å². The number of hydrogen-bond acceptors (Lipinski definition) is 11. The zero-order chi connectivity index (χ0) is 41.0. The number of piperidine rings is 2. The Morgan fingerprint density at radius 2 is 1.33 bits per heavy atom. The lowest BCUT2D eigenvalue weighted by molar-refractivity contribution is -0.136. The highest BCUT2D eigenvalue weighted by atomic mass is 19.1. The monoisotopic (exact) mass is 799 g/mol. The molecule has 0 bridgehead atoms. The number of halogens is 2. The molecule has 3 aromatic rings. The van der Waals surface area contributed by atoms with Crippen LogP contribution in [0.15, 0.2) is 77.9 Å². The molecule has 6 rings (SSSR count). The van der Waals surface area contributed by atoms with Crippen molar-refractivity contribution in [2.24, 2.45) is 0 Å². The number of carbonyl (C=O) groups is 6. The minimum absolute atomic E-state index is 0.0402. The summed E-state index contributed by atoms with van der Waals surface area (Å²) >= 11 is 0. The number of imide groups is 2. The molecule has 1 unspecified atom stereocenters. The summed E-state index contributed by atoms with van der Waals surface area (Å²) in [5.41, 5.74) is 1.83. The van der Waals surface area contributed by atoms with Gasteiger partial charge in [-0.15, -0.1) is 0 Å². The highest BCUT2D eigenvalue weighted by Gasteiger charge is 2.45. The van der Waals surface area contributed by atoms with Crippen LogP contribution in [0.25, 0.3) is 12.2 Å². The molecule has 58 heavy (non-hydrogen) atoms. The van der Waals surface area contributed by atoms with Crippen molar-refractivity contribution in [3.05, 3.63) is 112 Å². The third kappa shape index (κ3) is 10.5. The lowest BCUT2D eigenvalue weighted by Gasteiger charge is -2.29. The van der Waals surface area contributed by atoms with E-state index in [1.165, 1.54) is 30.4 Å². The summed E-state index contributed by atoms with van der Waals surface area (Å²) in [6.45, 7) is 2.40. The summed E-state index contributed by atoms with van der Waals surface area (Å²) in [5, 5.41) is 8.08. The Kier molecular flexibility index (Phi) is 14.3. The van der Waals surface area contributed by atoms with Crippen molar-refractivity contribution in [2.45, 2.75) is 18.9 Å². The molecule has 3 N–H and O–H groups in total. The Bertz CT molecular complexity index is 2060. The van der Waals surface area contributed by atoms with Crippen LogP contribution in [0.3, 0.4) is 0 Å². The molecule has 0 radical (unpaired) electrons. The van der Waals surface area contributed by atoms with Gasteiger partial charge in [0, 0.05) is 60.6 Å². The molecule has 2 fully saturated rings. The first-order valence-corrected chi connectivity index (χ1v) is 18.9. The second-order valence-electron chi connectivity index (χ2n) is 13.6. The molecule has 16 heteroatoms. The van der Waals surface area contributed by atoms with Gasteiger partial charge in [-0.05, 0) is 42.8 Å². The molecular weight excluding hydrogens is 756 g/mol. The minimum atomic E-state index is -1.04. The fraction of sp³-hybridized carbons (Fsp3) is 0.333. The highest BCUT2D eigenvalue weighted by Crippen LogP contribution is 2.32. The zero-order valence-corrected chi connectivity index (χ0v) is 31.6. The Morgan fingerprint density at radius 3 is 1.93 bits per heavy atom. The van der Waals surface area contributed by atoms with E-state index in [9.17, 15) is 37.5 Å². The van der Waals surface area contributed by atoms with Crippen LogP contribution >= 0.6 is 0 Å². The first kappa shape index (κ1) is 41.7. The van der Waals surface area contributed by atoms with Crippen LogP contribution in [0, 0.1) is 11.6 Å². The van der Waals surface area contributed by atoms with Gasteiger partial charge in [-0.2, -0.15) is 0 Å². The number of anilines is 1. The number of amides is 5. The topological polar surface area (TPSA) is 173 Å². The highest BCUT2D eigenvalue weighted by molar-refractivity contribution is 6.25. The Balaban J connectivity index is 0.852. The lowest BCUT2D eigenvalue weighted by atomic mass is 9.94. The van der Waals surface area contributed by atoms with Crippen molar-refractivity contribution in [1.29, 1.82) is 0 Å². The Labute approximate surface area is 333 Å². The van der Waals surface area contributed by atoms with Gasteiger partial charge in [0.15, 0.2) is 5.78 Å². The molecule has 2 saturated heterocycles. The molecule has 0 aliphatic carbocycles. The number of carbonyl (C=O) groups excluding carboxylic acids is 6. The Hall–Kier alpha value is -5.94. The van der Waals surface area contributed by atoms with Gasteiger partial charge < -0.3 is 24.8 Å². The number of fused-ring (bicyclic) bond motifs is 1. The molecular formula is C42H43F2N5O9. The van der Waals surface area contributed by atoms with Crippen molar-refractivity contribution in [2.75, 3.05) is 77.7 Å². The van der Waals surface area contributed by atoms with Crippen molar-refractivity contribution in [3.63, 3.8) is 0 Å². The van der Waals surface area contributed by atoms with Crippen LogP contribution < -0.4 is 16.0 Å². The maximum Gasteiger partial charge on any atom is 0.264 e. The third-order valence-electron chi connectivity index (χ3n) is 9.55. The maximum absolute atomic E-state index is 14.4.